The number of rotatable bonds is 3. The maximum Gasteiger partial charge on any atom is 0.277 e. The third-order valence-electron chi connectivity index (χ3n) is 5.50. The van der Waals surface area contributed by atoms with E-state index in [1.165, 1.54) is 23.3 Å². The summed E-state index contributed by atoms with van der Waals surface area (Å²) >= 11 is 5.59. The van der Waals surface area contributed by atoms with Gasteiger partial charge in [-0.1, -0.05) is 31.0 Å². The molecule has 0 atom stereocenters. The number of amides is 1. The summed E-state index contributed by atoms with van der Waals surface area (Å²) < 4.78 is 0. The number of likely N-dealkylation sites (tertiary alicyclic amines) is 1. The summed E-state index contributed by atoms with van der Waals surface area (Å²) in [7, 11) is 0. The highest BCUT2D eigenvalue weighted by Crippen LogP contribution is 2.14. The van der Waals surface area contributed by atoms with Gasteiger partial charge in [0.05, 0.1) is 26.2 Å². The summed E-state index contributed by atoms with van der Waals surface area (Å²) in [5.41, 5.74) is 2.27. The van der Waals surface area contributed by atoms with Crippen molar-refractivity contribution in [3.05, 3.63) is 29.8 Å². The van der Waals surface area contributed by atoms with E-state index in [1.807, 2.05) is 12.1 Å². The molecule has 2 saturated heterocycles. The van der Waals surface area contributed by atoms with Crippen LogP contribution in [0.5, 0.6) is 0 Å². The lowest BCUT2D eigenvalue weighted by Gasteiger charge is -2.34. The van der Waals surface area contributed by atoms with E-state index in [1.54, 1.807) is 0 Å². The van der Waals surface area contributed by atoms with Crippen LogP contribution in [0, 0.1) is 6.92 Å². The number of nitrogens with zero attached hydrogens (tertiary/aromatic N) is 2. The molecule has 0 unspecified atom stereocenters. The van der Waals surface area contributed by atoms with E-state index >= 15 is 0 Å². The third kappa shape index (κ3) is 5.17. The molecular weight excluding hydrogens is 344 g/mol. The van der Waals surface area contributed by atoms with Crippen LogP contribution >= 0.6 is 12.2 Å². The smallest absolute Gasteiger partial charge is 0.277 e. The van der Waals surface area contributed by atoms with Gasteiger partial charge in [-0.3, -0.25) is 4.79 Å². The maximum absolute atomic E-state index is 12.6. The summed E-state index contributed by atoms with van der Waals surface area (Å²) in [6.45, 7) is 8.35. The van der Waals surface area contributed by atoms with E-state index in [9.17, 15) is 4.79 Å². The van der Waals surface area contributed by atoms with Gasteiger partial charge in [-0.2, -0.15) is 0 Å². The van der Waals surface area contributed by atoms with Crippen LogP contribution in [0.1, 0.15) is 31.2 Å². The van der Waals surface area contributed by atoms with Crippen LogP contribution in [0.4, 0.5) is 5.69 Å². The lowest BCUT2D eigenvalue weighted by molar-refractivity contribution is -0.896. The third-order valence-corrected chi connectivity index (χ3v) is 5.86. The van der Waals surface area contributed by atoms with E-state index < -0.39 is 0 Å². The number of carbonyl (C=O) groups excluding carboxylic acids is 1. The Morgan fingerprint density at radius 1 is 1.04 bits per heavy atom. The quantitative estimate of drug-likeness (QED) is 0.782. The number of nitrogens with one attached hydrogen (secondary N) is 2. The largest absolute Gasteiger partial charge is 0.338 e. The van der Waals surface area contributed by atoms with Crippen molar-refractivity contribution >= 4 is 28.9 Å². The number of aryl methyl sites for hydroxylation is 1. The van der Waals surface area contributed by atoms with Crippen LogP contribution in [-0.2, 0) is 4.79 Å². The van der Waals surface area contributed by atoms with Crippen LogP contribution in [-0.4, -0.2) is 66.6 Å². The van der Waals surface area contributed by atoms with Crippen molar-refractivity contribution in [1.82, 2.24) is 9.80 Å². The molecule has 26 heavy (non-hydrogen) atoms. The number of para-hydroxylation sites is 1. The van der Waals surface area contributed by atoms with Gasteiger partial charge < -0.3 is 20.0 Å². The zero-order chi connectivity index (χ0) is 18.4. The molecule has 1 amide bonds. The first-order valence-electron chi connectivity index (χ1n) is 9.86. The Labute approximate surface area is 162 Å². The fourth-order valence-corrected chi connectivity index (χ4v) is 4.05. The molecule has 1 aromatic carbocycles. The highest BCUT2D eigenvalue weighted by molar-refractivity contribution is 7.80. The van der Waals surface area contributed by atoms with Crippen molar-refractivity contribution in [3.8, 4) is 0 Å². The lowest BCUT2D eigenvalue weighted by Crippen LogP contribution is -3.15. The number of carbonyl (C=O) groups is 1. The van der Waals surface area contributed by atoms with Gasteiger partial charge in [0, 0.05) is 18.8 Å². The standard InChI is InChI=1S/C20H30N4OS/c1-17-8-4-5-9-18(17)21-20(26)24-14-12-22(13-15-24)16-19(25)23-10-6-2-3-7-11-23/h4-5,8-9H,2-3,6-7,10-16H2,1H3,(H,21,26)/p+1. The van der Waals surface area contributed by atoms with E-state index in [-0.39, 0.29) is 0 Å². The molecule has 1 aromatic rings. The summed E-state index contributed by atoms with van der Waals surface area (Å²) in [6, 6.07) is 8.20. The van der Waals surface area contributed by atoms with Gasteiger partial charge >= 0.3 is 0 Å². The molecule has 2 heterocycles. The highest BCUT2D eigenvalue weighted by Gasteiger charge is 2.26. The van der Waals surface area contributed by atoms with Crippen LogP contribution in [0.2, 0.25) is 0 Å². The molecule has 0 spiro atoms. The summed E-state index contributed by atoms with van der Waals surface area (Å²) in [5.74, 6) is 0.330. The molecular formula is C20H31N4OS+. The van der Waals surface area contributed by atoms with Gasteiger partial charge in [-0.25, -0.2) is 0 Å². The Kier molecular flexibility index (Phi) is 6.86. The number of hydrogen-bond donors (Lipinski definition) is 2. The molecule has 2 aliphatic rings. The Hall–Kier alpha value is -1.66. The molecule has 3 rings (SSSR count). The Bertz CT molecular complexity index is 620. The molecule has 2 N–H and O–H groups in total. The minimum Gasteiger partial charge on any atom is -0.338 e. The van der Waals surface area contributed by atoms with E-state index in [0.717, 1.165) is 62.9 Å². The van der Waals surface area contributed by atoms with Gasteiger partial charge in [-0.15, -0.1) is 0 Å². The second-order valence-electron chi connectivity index (χ2n) is 7.45. The molecule has 142 valence electrons. The molecule has 0 bridgehead atoms. The number of thiocarbonyl (C=S) groups is 1. The van der Waals surface area contributed by atoms with Gasteiger partial charge in [-0.05, 0) is 43.6 Å². The van der Waals surface area contributed by atoms with Crippen molar-refractivity contribution in [1.29, 1.82) is 0 Å². The first-order valence-corrected chi connectivity index (χ1v) is 10.3. The first kappa shape index (κ1) is 19.1. The monoisotopic (exact) mass is 375 g/mol. The minimum absolute atomic E-state index is 0.330. The number of anilines is 1. The van der Waals surface area contributed by atoms with Crippen LogP contribution in [0.3, 0.4) is 0 Å². The van der Waals surface area contributed by atoms with Crippen LogP contribution in [0.15, 0.2) is 24.3 Å². The fraction of sp³-hybridized carbons (Fsp3) is 0.600. The van der Waals surface area contributed by atoms with Gasteiger partial charge in [0.25, 0.3) is 5.91 Å². The zero-order valence-corrected chi connectivity index (χ0v) is 16.6. The molecule has 5 nitrogen and oxygen atoms in total. The molecule has 2 fully saturated rings. The fourth-order valence-electron chi connectivity index (χ4n) is 3.76. The van der Waals surface area contributed by atoms with Crippen LogP contribution in [0.25, 0.3) is 0 Å². The molecule has 0 aliphatic carbocycles. The van der Waals surface area contributed by atoms with Gasteiger partial charge in [0.2, 0.25) is 0 Å². The number of hydrogen-bond acceptors (Lipinski definition) is 2. The van der Waals surface area contributed by atoms with E-state index in [2.05, 4.69) is 34.2 Å². The second kappa shape index (κ2) is 9.33. The predicted molar refractivity (Wildman–Crippen MR) is 110 cm³/mol. The van der Waals surface area contributed by atoms with Crippen molar-refractivity contribution in [2.24, 2.45) is 0 Å². The maximum atomic E-state index is 12.6. The summed E-state index contributed by atoms with van der Waals surface area (Å²) in [5, 5.41) is 4.16. The predicted octanol–water partition coefficient (Wildman–Crippen LogP) is 1.29. The molecule has 6 heteroatoms. The average molecular weight is 376 g/mol. The molecule has 0 radical (unpaired) electrons. The van der Waals surface area contributed by atoms with E-state index in [0.29, 0.717) is 12.5 Å². The zero-order valence-electron chi connectivity index (χ0n) is 15.8. The van der Waals surface area contributed by atoms with Gasteiger partial charge in [0.15, 0.2) is 11.7 Å². The number of benzene rings is 1. The topological polar surface area (TPSA) is 40.0 Å². The van der Waals surface area contributed by atoms with Crippen molar-refractivity contribution in [2.75, 3.05) is 51.1 Å². The highest BCUT2D eigenvalue weighted by atomic mass is 32.1. The minimum atomic E-state index is 0.330. The van der Waals surface area contributed by atoms with Crippen molar-refractivity contribution < 1.29 is 9.69 Å². The van der Waals surface area contributed by atoms with Crippen molar-refractivity contribution in [3.63, 3.8) is 0 Å². The first-order chi connectivity index (χ1) is 12.6. The normalized spacial score (nSPS) is 19.1. The van der Waals surface area contributed by atoms with Crippen molar-refractivity contribution in [2.45, 2.75) is 32.6 Å². The lowest BCUT2D eigenvalue weighted by atomic mass is 10.2. The Morgan fingerprint density at radius 2 is 1.69 bits per heavy atom. The Morgan fingerprint density at radius 3 is 2.35 bits per heavy atom. The van der Waals surface area contributed by atoms with E-state index in [4.69, 9.17) is 12.2 Å². The van der Waals surface area contributed by atoms with Crippen LogP contribution < -0.4 is 10.2 Å². The SMILES string of the molecule is Cc1ccccc1NC(=S)N1CC[NH+](CC(=O)N2CCCCCC2)CC1. The molecule has 2 aliphatic heterocycles. The molecule has 0 saturated carbocycles. The second-order valence-corrected chi connectivity index (χ2v) is 7.84. The number of piperazine rings is 1. The van der Waals surface area contributed by atoms with Gasteiger partial charge in [0.1, 0.15) is 0 Å². The summed E-state index contributed by atoms with van der Waals surface area (Å²) in [4.78, 5) is 18.3. The Balaban J connectivity index is 1.44. The number of quaternary nitrogens is 1. The summed E-state index contributed by atoms with van der Waals surface area (Å²) in [6.07, 6.45) is 4.85. The molecule has 0 aromatic heterocycles. The average Bonchev–Trinajstić information content (AvgIpc) is 2.94.